The second-order valence-electron chi connectivity index (χ2n) is 9.38. The molecule has 5 rings (SSSR count). The number of nitrogens with two attached hydrogens (primary N) is 1. The van der Waals surface area contributed by atoms with E-state index in [2.05, 4.69) is 4.98 Å². The average Bonchev–Trinajstić information content (AvgIpc) is 3.59. The molecule has 2 heterocycles. The molecule has 0 atom stereocenters. The number of hydrogen-bond donors (Lipinski definition) is 2. The van der Waals surface area contributed by atoms with E-state index in [1.54, 1.807) is 54.7 Å². The summed E-state index contributed by atoms with van der Waals surface area (Å²) >= 11 is 0. The molecular formula is C32H30ClN3O9. The predicted molar refractivity (Wildman–Crippen MR) is 170 cm³/mol. The number of hydrogen-bond acceptors (Lipinski definition) is 10. The summed E-state index contributed by atoms with van der Waals surface area (Å²) in [6, 6.07) is 15.8. The van der Waals surface area contributed by atoms with Gasteiger partial charge in [0.1, 0.15) is 11.4 Å². The lowest BCUT2D eigenvalue weighted by Crippen LogP contribution is -2.27. The van der Waals surface area contributed by atoms with Crippen LogP contribution in [0.3, 0.4) is 0 Å². The Kier molecular flexibility index (Phi) is 9.58. The molecule has 234 valence electrons. The highest BCUT2D eigenvalue weighted by Crippen LogP contribution is 2.45. The fourth-order valence-electron chi connectivity index (χ4n) is 4.93. The summed E-state index contributed by atoms with van der Waals surface area (Å²) in [6.07, 6.45) is 1.58. The third kappa shape index (κ3) is 5.83. The molecule has 0 spiro atoms. The van der Waals surface area contributed by atoms with Crippen molar-refractivity contribution >= 4 is 40.8 Å². The van der Waals surface area contributed by atoms with Gasteiger partial charge in [-0.3, -0.25) is 9.36 Å². The van der Waals surface area contributed by atoms with Crippen LogP contribution in [0.5, 0.6) is 28.7 Å². The van der Waals surface area contributed by atoms with Crippen LogP contribution in [0.2, 0.25) is 0 Å². The van der Waals surface area contributed by atoms with E-state index in [1.165, 1.54) is 52.2 Å². The number of nitrogens with one attached hydrogen (secondary N) is 1. The molecule has 13 heteroatoms. The van der Waals surface area contributed by atoms with Crippen molar-refractivity contribution in [1.82, 2.24) is 9.55 Å². The molecule has 45 heavy (non-hydrogen) atoms. The van der Waals surface area contributed by atoms with Gasteiger partial charge in [0.2, 0.25) is 5.75 Å². The lowest BCUT2D eigenvalue weighted by atomic mass is 9.95. The van der Waals surface area contributed by atoms with Gasteiger partial charge in [-0.05, 0) is 66.2 Å². The highest BCUT2D eigenvalue weighted by atomic mass is 35.5. The number of fused-ring (bicyclic) bond motifs is 1. The number of anilines is 1. The minimum Gasteiger partial charge on any atom is -0.493 e. The van der Waals surface area contributed by atoms with Gasteiger partial charge in [0.25, 0.3) is 5.56 Å². The molecule has 3 N–H and O–H groups in total. The number of carbonyl (C=O) groups excluding carboxylic acids is 2. The van der Waals surface area contributed by atoms with Gasteiger partial charge in [0.15, 0.2) is 23.0 Å². The maximum Gasteiger partial charge on any atom is 0.360 e. The molecule has 0 bridgehead atoms. The highest BCUT2D eigenvalue weighted by Gasteiger charge is 2.28. The molecule has 3 aromatic carbocycles. The number of nitrogen functional groups attached to an aromatic ring is 1. The summed E-state index contributed by atoms with van der Waals surface area (Å²) < 4.78 is 34.3. The lowest BCUT2D eigenvalue weighted by Gasteiger charge is -2.21. The van der Waals surface area contributed by atoms with Crippen molar-refractivity contribution in [3.05, 3.63) is 88.6 Å². The van der Waals surface area contributed by atoms with E-state index in [-0.39, 0.29) is 46.2 Å². The Bertz CT molecular complexity index is 1910. The molecule has 0 aliphatic carbocycles. The molecular weight excluding hydrogens is 606 g/mol. The fraction of sp³-hybridized carbons (Fsp3) is 0.156. The van der Waals surface area contributed by atoms with Gasteiger partial charge in [-0.1, -0.05) is 0 Å². The quantitative estimate of drug-likeness (QED) is 0.128. The molecule has 2 aromatic heterocycles. The molecule has 5 aromatic rings. The number of aromatic amines is 1. The van der Waals surface area contributed by atoms with Crippen LogP contribution in [0.25, 0.3) is 27.6 Å². The molecule has 12 nitrogen and oxygen atoms in total. The van der Waals surface area contributed by atoms with Gasteiger partial charge in [0.05, 0.1) is 40.9 Å². The van der Waals surface area contributed by atoms with E-state index in [9.17, 15) is 14.4 Å². The number of benzene rings is 3. The van der Waals surface area contributed by atoms with Gasteiger partial charge < -0.3 is 39.1 Å². The molecule has 0 saturated heterocycles. The number of aromatic nitrogens is 2. The summed E-state index contributed by atoms with van der Waals surface area (Å²) in [5.74, 6) is -0.438. The van der Waals surface area contributed by atoms with E-state index in [0.717, 1.165) is 0 Å². The number of pyridine rings is 1. The number of carbonyl (C=O) groups is 2. The van der Waals surface area contributed by atoms with Crippen molar-refractivity contribution in [3.8, 4) is 45.6 Å². The largest absolute Gasteiger partial charge is 0.493 e. The monoisotopic (exact) mass is 635 g/mol. The summed E-state index contributed by atoms with van der Waals surface area (Å²) in [6.45, 7) is 0. The third-order valence-corrected chi connectivity index (χ3v) is 6.97. The topological polar surface area (TPSA) is 153 Å². The summed E-state index contributed by atoms with van der Waals surface area (Å²) in [5, 5.41) is 0.404. The number of rotatable bonds is 9. The van der Waals surface area contributed by atoms with E-state index >= 15 is 0 Å². The molecule has 0 aliphatic rings. The smallest absolute Gasteiger partial charge is 0.360 e. The highest BCUT2D eigenvalue weighted by molar-refractivity contribution is 6.08. The first kappa shape index (κ1) is 32.3. The van der Waals surface area contributed by atoms with Crippen LogP contribution in [0.15, 0.2) is 71.7 Å². The zero-order chi connectivity index (χ0) is 31.5. The van der Waals surface area contributed by atoms with Crippen LogP contribution in [0, 0.1) is 0 Å². The van der Waals surface area contributed by atoms with Gasteiger partial charge in [0, 0.05) is 28.5 Å². The second kappa shape index (κ2) is 13.3. The van der Waals surface area contributed by atoms with Crippen LogP contribution < -0.4 is 35.0 Å². The van der Waals surface area contributed by atoms with Crippen molar-refractivity contribution in [2.45, 2.75) is 0 Å². The first-order valence-electron chi connectivity index (χ1n) is 13.2. The molecule has 0 fully saturated rings. The van der Waals surface area contributed by atoms with E-state index < -0.39 is 17.5 Å². The van der Waals surface area contributed by atoms with E-state index in [4.69, 9.17) is 34.2 Å². The van der Waals surface area contributed by atoms with E-state index in [1.807, 2.05) is 0 Å². The van der Waals surface area contributed by atoms with Gasteiger partial charge in [-0.15, -0.1) is 12.4 Å². The van der Waals surface area contributed by atoms with Crippen molar-refractivity contribution in [3.63, 3.8) is 0 Å². The molecule has 0 saturated carbocycles. The van der Waals surface area contributed by atoms with Gasteiger partial charge >= 0.3 is 11.9 Å². The maximum absolute atomic E-state index is 14.3. The Morgan fingerprint density at radius 2 is 1.38 bits per heavy atom. The normalized spacial score (nSPS) is 10.5. The molecule has 0 amide bonds. The Morgan fingerprint density at radius 1 is 0.756 bits per heavy atom. The minimum absolute atomic E-state index is 0. The van der Waals surface area contributed by atoms with E-state index in [0.29, 0.717) is 39.6 Å². The second-order valence-corrected chi connectivity index (χ2v) is 9.38. The van der Waals surface area contributed by atoms with Crippen LogP contribution in [0.1, 0.15) is 21.0 Å². The Labute approximate surface area is 263 Å². The molecule has 0 radical (unpaired) electrons. The minimum atomic E-state index is -0.800. The summed E-state index contributed by atoms with van der Waals surface area (Å²) in [5.41, 5.74) is 6.92. The number of methoxy groups -OCH3 is 5. The predicted octanol–water partition coefficient (Wildman–Crippen LogP) is 5.03. The van der Waals surface area contributed by atoms with Crippen LogP contribution in [-0.2, 0) is 4.74 Å². The Balaban J connectivity index is 0.00000461. The standard InChI is InChI=1S/C32H29N3O9.ClH/c1-39-23-15-20-21(16-24(23)44-31(37)22-7-6-12-34-22)30(36)35(19-10-8-18(33)9-11-19)28(32(38)43-5)27(20)17-13-25(40-2)29(42-4)26(14-17)41-3;/h6-16,34H,33H2,1-5H3;1H. The fourth-order valence-corrected chi connectivity index (χ4v) is 4.93. The number of nitrogens with zero attached hydrogens (tertiary/aromatic N) is 1. The van der Waals surface area contributed by atoms with Crippen LogP contribution >= 0.6 is 12.4 Å². The first-order chi connectivity index (χ1) is 21.3. The van der Waals surface area contributed by atoms with Gasteiger partial charge in [-0.25, -0.2) is 9.59 Å². The van der Waals surface area contributed by atoms with Crippen LogP contribution in [0.4, 0.5) is 5.69 Å². The number of ether oxygens (including phenoxy) is 6. The first-order valence-corrected chi connectivity index (χ1v) is 13.2. The Hall–Kier alpha value is -5.62. The van der Waals surface area contributed by atoms with Gasteiger partial charge in [-0.2, -0.15) is 0 Å². The lowest BCUT2D eigenvalue weighted by molar-refractivity contribution is 0.0591. The molecule has 0 unspecified atom stereocenters. The van der Waals surface area contributed by atoms with Crippen LogP contribution in [-0.4, -0.2) is 57.0 Å². The zero-order valence-electron chi connectivity index (χ0n) is 25.0. The summed E-state index contributed by atoms with van der Waals surface area (Å²) in [4.78, 5) is 43.6. The van der Waals surface area contributed by atoms with Crippen molar-refractivity contribution in [2.75, 3.05) is 41.3 Å². The van der Waals surface area contributed by atoms with Crippen molar-refractivity contribution < 1.29 is 38.0 Å². The zero-order valence-corrected chi connectivity index (χ0v) is 25.8. The third-order valence-electron chi connectivity index (χ3n) is 6.97. The maximum atomic E-state index is 14.3. The SMILES string of the molecule is COC(=O)c1c(-c2cc(OC)c(OC)c(OC)c2)c2cc(OC)c(OC(=O)c3ccc[nH]3)cc2c(=O)n1-c1ccc(N)cc1.Cl. The van der Waals surface area contributed by atoms with Crippen molar-refractivity contribution in [2.24, 2.45) is 0 Å². The number of H-pyrrole nitrogens is 1. The average molecular weight is 636 g/mol. The Morgan fingerprint density at radius 3 is 1.91 bits per heavy atom. The number of esters is 2. The molecule has 0 aliphatic heterocycles. The number of halogens is 1. The van der Waals surface area contributed by atoms with Crippen molar-refractivity contribution in [1.29, 1.82) is 0 Å². The summed E-state index contributed by atoms with van der Waals surface area (Å²) in [7, 11) is 7.00.